The van der Waals surface area contributed by atoms with Crippen LogP contribution >= 0.6 is 0 Å². The first kappa shape index (κ1) is 13.4. The van der Waals surface area contributed by atoms with Gasteiger partial charge in [-0.2, -0.15) is 0 Å². The summed E-state index contributed by atoms with van der Waals surface area (Å²) in [4.78, 5) is 20.8. The number of carboxylic acids is 2. The van der Waals surface area contributed by atoms with E-state index in [-0.39, 0.29) is 5.57 Å². The van der Waals surface area contributed by atoms with E-state index in [9.17, 15) is 9.59 Å². The molecule has 15 heavy (non-hydrogen) atoms. The maximum atomic E-state index is 10.6. The van der Waals surface area contributed by atoms with E-state index >= 15 is 0 Å². The van der Waals surface area contributed by atoms with E-state index in [2.05, 4.69) is 0 Å². The standard InChI is InChI=1S/C10H15NO4/c11-6-4-2-1-3-5-8(10(14)15)7-9(12)13/h3,5,7H,1-2,4,6,11H2,(H,12,13)(H,14,15)/b5-3-,8-7+. The second-order valence-electron chi connectivity index (χ2n) is 2.93. The van der Waals surface area contributed by atoms with Crippen LogP contribution in [0.3, 0.4) is 0 Å². The lowest BCUT2D eigenvalue weighted by atomic mass is 10.2. The first-order valence-corrected chi connectivity index (χ1v) is 4.62. The number of carboxylic acid groups (broad SMARTS) is 2. The molecule has 0 rings (SSSR count). The van der Waals surface area contributed by atoms with Gasteiger partial charge in [-0.15, -0.1) is 0 Å². The summed E-state index contributed by atoms with van der Waals surface area (Å²) in [5, 5.41) is 17.0. The maximum absolute atomic E-state index is 10.6. The lowest BCUT2D eigenvalue weighted by Crippen LogP contribution is -2.01. The van der Waals surface area contributed by atoms with Crippen LogP contribution in [0.25, 0.3) is 0 Å². The summed E-state index contributed by atoms with van der Waals surface area (Å²) in [6.45, 7) is 0.602. The van der Waals surface area contributed by atoms with Gasteiger partial charge in [0.05, 0.1) is 5.57 Å². The van der Waals surface area contributed by atoms with Gasteiger partial charge in [-0.3, -0.25) is 0 Å². The van der Waals surface area contributed by atoms with Gasteiger partial charge >= 0.3 is 11.9 Å². The third kappa shape index (κ3) is 7.45. The lowest BCUT2D eigenvalue weighted by Gasteiger charge is -1.94. The summed E-state index contributed by atoms with van der Waals surface area (Å²) < 4.78 is 0. The minimum Gasteiger partial charge on any atom is -0.478 e. The van der Waals surface area contributed by atoms with E-state index in [0.717, 1.165) is 12.8 Å². The minimum atomic E-state index is -1.26. The van der Waals surface area contributed by atoms with Gasteiger partial charge in [0, 0.05) is 6.08 Å². The fourth-order valence-corrected chi connectivity index (χ4v) is 0.931. The largest absolute Gasteiger partial charge is 0.478 e. The third-order valence-corrected chi connectivity index (χ3v) is 1.65. The van der Waals surface area contributed by atoms with Crippen molar-refractivity contribution in [3.63, 3.8) is 0 Å². The van der Waals surface area contributed by atoms with Crippen LogP contribution < -0.4 is 5.73 Å². The zero-order valence-corrected chi connectivity index (χ0v) is 8.35. The lowest BCUT2D eigenvalue weighted by molar-refractivity contribution is -0.134. The molecule has 0 spiro atoms. The average Bonchev–Trinajstić information content (AvgIpc) is 2.15. The SMILES string of the molecule is NCCCC/C=C\C(=C/C(=O)O)C(=O)O. The fourth-order valence-electron chi connectivity index (χ4n) is 0.931. The molecule has 0 bridgehead atoms. The Balaban J connectivity index is 4.18. The molecule has 5 nitrogen and oxygen atoms in total. The van der Waals surface area contributed by atoms with Crippen molar-refractivity contribution in [3.8, 4) is 0 Å². The van der Waals surface area contributed by atoms with Crippen LogP contribution in [0.15, 0.2) is 23.8 Å². The summed E-state index contributed by atoms with van der Waals surface area (Å²) in [5.74, 6) is -2.51. The first-order valence-electron chi connectivity index (χ1n) is 4.62. The average molecular weight is 213 g/mol. The number of nitrogens with two attached hydrogens (primary N) is 1. The number of hydrogen-bond acceptors (Lipinski definition) is 3. The number of allylic oxidation sites excluding steroid dienone is 1. The fraction of sp³-hybridized carbons (Fsp3) is 0.400. The van der Waals surface area contributed by atoms with Gasteiger partial charge in [0.15, 0.2) is 0 Å². The molecule has 0 fully saturated rings. The molecule has 4 N–H and O–H groups in total. The third-order valence-electron chi connectivity index (χ3n) is 1.65. The van der Waals surface area contributed by atoms with Gasteiger partial charge < -0.3 is 15.9 Å². The molecule has 0 aromatic heterocycles. The van der Waals surface area contributed by atoms with E-state index in [1.807, 2.05) is 0 Å². The predicted octanol–water partition coefficient (Wildman–Crippen LogP) is 0.767. The molecule has 0 saturated carbocycles. The molecule has 0 atom stereocenters. The van der Waals surface area contributed by atoms with Crippen LogP contribution in [-0.4, -0.2) is 28.7 Å². The molecule has 0 radical (unpaired) electrons. The summed E-state index contributed by atoms with van der Waals surface area (Å²) >= 11 is 0. The molecule has 0 saturated heterocycles. The number of carbonyl (C=O) groups is 2. The van der Waals surface area contributed by atoms with Gasteiger partial charge in [-0.05, 0) is 25.8 Å². The van der Waals surface area contributed by atoms with Crippen molar-refractivity contribution in [2.75, 3.05) is 6.54 Å². The second-order valence-corrected chi connectivity index (χ2v) is 2.93. The Morgan fingerprint density at radius 3 is 2.33 bits per heavy atom. The van der Waals surface area contributed by atoms with E-state index in [4.69, 9.17) is 15.9 Å². The highest BCUT2D eigenvalue weighted by Crippen LogP contribution is 2.01. The van der Waals surface area contributed by atoms with Crippen LogP contribution in [0.5, 0.6) is 0 Å². The Hall–Kier alpha value is -1.62. The number of rotatable bonds is 7. The first-order chi connectivity index (χ1) is 7.07. The zero-order chi connectivity index (χ0) is 11.7. The van der Waals surface area contributed by atoms with E-state index < -0.39 is 11.9 Å². The molecular formula is C10H15NO4. The van der Waals surface area contributed by atoms with Crippen molar-refractivity contribution in [3.05, 3.63) is 23.8 Å². The second kappa shape index (κ2) is 7.75. The molecule has 0 amide bonds. The molecule has 0 aliphatic carbocycles. The Morgan fingerprint density at radius 2 is 1.87 bits per heavy atom. The summed E-state index contributed by atoms with van der Waals surface area (Å²) in [6.07, 6.45) is 6.04. The molecule has 0 aliphatic rings. The van der Waals surface area contributed by atoms with Crippen molar-refractivity contribution in [1.29, 1.82) is 0 Å². The Bertz CT molecular complexity index is 281. The van der Waals surface area contributed by atoms with Gasteiger partial charge in [0.2, 0.25) is 0 Å². The number of unbranched alkanes of at least 4 members (excludes halogenated alkanes) is 2. The molecule has 0 aliphatic heterocycles. The molecular weight excluding hydrogens is 198 g/mol. The van der Waals surface area contributed by atoms with Crippen LogP contribution in [0.1, 0.15) is 19.3 Å². The molecule has 5 heteroatoms. The highest BCUT2D eigenvalue weighted by molar-refractivity contribution is 5.96. The Labute approximate surface area is 87.9 Å². The summed E-state index contributed by atoms with van der Waals surface area (Å²) in [7, 11) is 0. The summed E-state index contributed by atoms with van der Waals surface area (Å²) in [6, 6.07) is 0. The van der Waals surface area contributed by atoms with E-state index in [1.165, 1.54) is 6.08 Å². The summed E-state index contributed by atoms with van der Waals surface area (Å²) in [5.41, 5.74) is 5.05. The normalized spacial score (nSPS) is 11.9. The van der Waals surface area contributed by atoms with E-state index in [0.29, 0.717) is 19.0 Å². The highest BCUT2D eigenvalue weighted by Gasteiger charge is 2.04. The van der Waals surface area contributed by atoms with Crippen molar-refractivity contribution >= 4 is 11.9 Å². The van der Waals surface area contributed by atoms with Crippen molar-refractivity contribution in [2.24, 2.45) is 5.73 Å². The molecule has 0 aromatic carbocycles. The number of aliphatic carboxylic acids is 2. The van der Waals surface area contributed by atoms with Gasteiger partial charge in [0.1, 0.15) is 0 Å². The zero-order valence-electron chi connectivity index (χ0n) is 8.35. The van der Waals surface area contributed by atoms with Crippen LogP contribution in [0, 0.1) is 0 Å². The van der Waals surface area contributed by atoms with Gasteiger partial charge in [-0.1, -0.05) is 12.2 Å². The monoisotopic (exact) mass is 213 g/mol. The van der Waals surface area contributed by atoms with Crippen LogP contribution in [0.4, 0.5) is 0 Å². The quantitative estimate of drug-likeness (QED) is 0.329. The maximum Gasteiger partial charge on any atom is 0.335 e. The van der Waals surface area contributed by atoms with Crippen molar-refractivity contribution in [2.45, 2.75) is 19.3 Å². The Kier molecular flexibility index (Phi) is 6.92. The smallest absolute Gasteiger partial charge is 0.335 e. The molecule has 0 unspecified atom stereocenters. The van der Waals surface area contributed by atoms with Crippen LogP contribution in [0.2, 0.25) is 0 Å². The van der Waals surface area contributed by atoms with E-state index in [1.54, 1.807) is 6.08 Å². The molecule has 84 valence electrons. The van der Waals surface area contributed by atoms with Crippen molar-refractivity contribution < 1.29 is 19.8 Å². The Morgan fingerprint density at radius 1 is 1.20 bits per heavy atom. The molecule has 0 aromatic rings. The number of hydrogen-bond donors (Lipinski definition) is 3. The predicted molar refractivity (Wildman–Crippen MR) is 55.4 cm³/mol. The van der Waals surface area contributed by atoms with Crippen molar-refractivity contribution in [1.82, 2.24) is 0 Å². The van der Waals surface area contributed by atoms with Gasteiger partial charge in [-0.25, -0.2) is 9.59 Å². The molecule has 0 heterocycles. The van der Waals surface area contributed by atoms with Crippen LogP contribution in [-0.2, 0) is 9.59 Å². The minimum absolute atomic E-state index is 0.227. The topological polar surface area (TPSA) is 101 Å². The van der Waals surface area contributed by atoms with Gasteiger partial charge in [0.25, 0.3) is 0 Å². The highest BCUT2D eigenvalue weighted by atomic mass is 16.4.